The van der Waals surface area contributed by atoms with Crippen LogP contribution in [-0.2, 0) is 16.0 Å². The summed E-state index contributed by atoms with van der Waals surface area (Å²) in [7, 11) is 0. The van der Waals surface area contributed by atoms with Crippen LogP contribution in [0.1, 0.15) is 48.0 Å². The molecule has 37 heavy (non-hydrogen) atoms. The molecule has 7 nitrogen and oxygen atoms in total. The highest BCUT2D eigenvalue weighted by Gasteiger charge is 2.17. The number of carbonyl (C=O) groups is 3. The molecule has 4 rings (SSSR count). The summed E-state index contributed by atoms with van der Waals surface area (Å²) >= 11 is 0. The lowest BCUT2D eigenvalue weighted by atomic mass is 10.1. The molecule has 1 heterocycles. The first-order chi connectivity index (χ1) is 18.1. The largest absolute Gasteiger partial charge is 0.376 e. The molecule has 1 aliphatic rings. The number of benzene rings is 3. The molecule has 3 N–H and O–H groups in total. The summed E-state index contributed by atoms with van der Waals surface area (Å²) in [6, 6.07) is 24.2. The Morgan fingerprint density at radius 1 is 0.649 bits per heavy atom. The number of hydrogen-bond donors (Lipinski definition) is 3. The van der Waals surface area contributed by atoms with Crippen molar-refractivity contribution in [2.75, 3.05) is 35.6 Å². The average molecular weight is 499 g/mol. The van der Waals surface area contributed by atoms with E-state index < -0.39 is 0 Å². The van der Waals surface area contributed by atoms with Gasteiger partial charge in [-0.1, -0.05) is 43.2 Å². The van der Waals surface area contributed by atoms with Gasteiger partial charge in [0, 0.05) is 42.1 Å². The van der Waals surface area contributed by atoms with Crippen molar-refractivity contribution in [3.05, 3.63) is 90.0 Å². The molecule has 1 fully saturated rings. The Kier molecular flexibility index (Phi) is 9.29. The zero-order chi connectivity index (χ0) is 25.9. The monoisotopic (exact) mass is 498 g/mol. The van der Waals surface area contributed by atoms with E-state index in [0.29, 0.717) is 29.8 Å². The predicted molar refractivity (Wildman–Crippen MR) is 148 cm³/mol. The number of amides is 3. The minimum atomic E-state index is -0.190. The van der Waals surface area contributed by atoms with Gasteiger partial charge in [-0.3, -0.25) is 14.4 Å². The van der Waals surface area contributed by atoms with Crippen LogP contribution in [0.5, 0.6) is 0 Å². The highest BCUT2D eigenvalue weighted by Crippen LogP contribution is 2.17. The van der Waals surface area contributed by atoms with E-state index in [1.165, 1.54) is 12.8 Å². The number of rotatable bonds is 9. The Balaban J connectivity index is 1.19. The maximum Gasteiger partial charge on any atom is 0.253 e. The fraction of sp³-hybridized carbons (Fsp3) is 0.300. The second-order valence-corrected chi connectivity index (χ2v) is 9.30. The summed E-state index contributed by atoms with van der Waals surface area (Å²) in [5.41, 5.74) is 3.90. The maximum absolute atomic E-state index is 12.7. The topological polar surface area (TPSA) is 90.5 Å². The van der Waals surface area contributed by atoms with Gasteiger partial charge in [0.2, 0.25) is 11.8 Å². The van der Waals surface area contributed by atoms with Crippen molar-refractivity contribution in [2.24, 2.45) is 0 Å². The molecule has 0 spiro atoms. The molecule has 7 heteroatoms. The molecule has 3 aromatic carbocycles. The quantitative estimate of drug-likeness (QED) is 0.372. The van der Waals surface area contributed by atoms with Crippen molar-refractivity contribution < 1.29 is 14.4 Å². The van der Waals surface area contributed by atoms with Crippen molar-refractivity contribution >= 4 is 34.8 Å². The van der Waals surface area contributed by atoms with Crippen LogP contribution in [0.3, 0.4) is 0 Å². The van der Waals surface area contributed by atoms with Crippen LogP contribution < -0.4 is 16.0 Å². The van der Waals surface area contributed by atoms with Gasteiger partial charge in [0.1, 0.15) is 0 Å². The Labute approximate surface area is 218 Å². The third-order valence-electron chi connectivity index (χ3n) is 6.41. The van der Waals surface area contributed by atoms with Crippen LogP contribution in [0.25, 0.3) is 0 Å². The molecule has 1 aliphatic heterocycles. The minimum Gasteiger partial charge on any atom is -0.376 e. The Morgan fingerprint density at radius 2 is 1.22 bits per heavy atom. The number of nitrogens with zero attached hydrogens (tertiary/aromatic N) is 1. The molecule has 0 bridgehead atoms. The van der Waals surface area contributed by atoms with Crippen molar-refractivity contribution in [1.29, 1.82) is 0 Å². The van der Waals surface area contributed by atoms with Gasteiger partial charge in [-0.25, -0.2) is 0 Å². The summed E-state index contributed by atoms with van der Waals surface area (Å²) in [6.45, 7) is 1.73. The zero-order valence-corrected chi connectivity index (χ0v) is 21.0. The van der Waals surface area contributed by atoms with Crippen LogP contribution in [0, 0.1) is 0 Å². The molecule has 0 radical (unpaired) electrons. The highest BCUT2D eigenvalue weighted by molar-refractivity contribution is 5.96. The first-order valence-electron chi connectivity index (χ1n) is 12.9. The molecule has 0 aliphatic carbocycles. The van der Waals surface area contributed by atoms with E-state index in [9.17, 15) is 14.4 Å². The number of anilines is 3. The Bertz CT molecular complexity index is 1170. The van der Waals surface area contributed by atoms with E-state index in [-0.39, 0.29) is 24.3 Å². The molecule has 0 aromatic heterocycles. The molecular formula is C30H34N4O3. The van der Waals surface area contributed by atoms with Gasteiger partial charge in [-0.2, -0.15) is 0 Å². The first kappa shape index (κ1) is 25.9. The standard InChI is InChI=1S/C30H34N4O3/c35-28(19-10-23-8-4-3-5-9-23)32-26-15-17-27(18-16-26)33-29(36)22-31-25-13-11-24(12-14-25)30(37)34-20-6-1-2-7-21-34/h3-5,8-9,11-18,31H,1-2,6-7,10,19-22H2,(H,32,35)(H,33,36). The van der Waals surface area contributed by atoms with Gasteiger partial charge < -0.3 is 20.9 Å². The average Bonchev–Trinajstić information content (AvgIpc) is 3.22. The predicted octanol–water partition coefficient (Wildman–Crippen LogP) is 5.32. The van der Waals surface area contributed by atoms with Gasteiger partial charge in [-0.05, 0) is 73.4 Å². The van der Waals surface area contributed by atoms with E-state index in [2.05, 4.69) is 16.0 Å². The smallest absolute Gasteiger partial charge is 0.253 e. The second-order valence-electron chi connectivity index (χ2n) is 9.30. The van der Waals surface area contributed by atoms with Crippen molar-refractivity contribution in [1.82, 2.24) is 4.90 Å². The fourth-order valence-electron chi connectivity index (χ4n) is 4.34. The number of likely N-dealkylation sites (tertiary alicyclic amines) is 1. The van der Waals surface area contributed by atoms with E-state index in [1.807, 2.05) is 47.4 Å². The third kappa shape index (κ3) is 8.20. The summed E-state index contributed by atoms with van der Waals surface area (Å²) in [6.07, 6.45) is 5.58. The van der Waals surface area contributed by atoms with Crippen LogP contribution >= 0.6 is 0 Å². The second kappa shape index (κ2) is 13.3. The highest BCUT2D eigenvalue weighted by atomic mass is 16.2. The number of aryl methyl sites for hydroxylation is 1. The molecule has 1 saturated heterocycles. The first-order valence-corrected chi connectivity index (χ1v) is 12.9. The van der Waals surface area contributed by atoms with Crippen molar-refractivity contribution in [3.63, 3.8) is 0 Å². The number of hydrogen-bond acceptors (Lipinski definition) is 4. The number of carbonyl (C=O) groups excluding carboxylic acids is 3. The van der Waals surface area contributed by atoms with Gasteiger partial charge in [0.15, 0.2) is 0 Å². The van der Waals surface area contributed by atoms with Crippen LogP contribution in [0.2, 0.25) is 0 Å². The Hall–Kier alpha value is -4.13. The van der Waals surface area contributed by atoms with Crippen molar-refractivity contribution in [2.45, 2.75) is 38.5 Å². The van der Waals surface area contributed by atoms with Gasteiger partial charge >= 0.3 is 0 Å². The SMILES string of the molecule is O=C(CCc1ccccc1)Nc1ccc(NC(=O)CNc2ccc(C(=O)N3CCCCCC3)cc2)cc1. The summed E-state index contributed by atoms with van der Waals surface area (Å²) in [5, 5.41) is 8.82. The number of nitrogens with one attached hydrogen (secondary N) is 3. The summed E-state index contributed by atoms with van der Waals surface area (Å²) in [5.74, 6) is -0.171. The van der Waals surface area contributed by atoms with Crippen LogP contribution in [0.15, 0.2) is 78.9 Å². The molecular weight excluding hydrogens is 464 g/mol. The van der Waals surface area contributed by atoms with Crippen LogP contribution in [-0.4, -0.2) is 42.3 Å². The zero-order valence-electron chi connectivity index (χ0n) is 21.0. The third-order valence-corrected chi connectivity index (χ3v) is 6.41. The summed E-state index contributed by atoms with van der Waals surface area (Å²) < 4.78 is 0. The van der Waals surface area contributed by atoms with Gasteiger partial charge in [0.25, 0.3) is 5.91 Å². The minimum absolute atomic E-state index is 0.0519. The molecule has 0 saturated carbocycles. The van der Waals surface area contributed by atoms with E-state index in [4.69, 9.17) is 0 Å². The Morgan fingerprint density at radius 3 is 1.84 bits per heavy atom. The molecule has 0 unspecified atom stereocenters. The lowest BCUT2D eigenvalue weighted by Gasteiger charge is -2.20. The van der Waals surface area contributed by atoms with E-state index in [1.54, 1.807) is 36.4 Å². The lowest BCUT2D eigenvalue weighted by Crippen LogP contribution is -2.31. The van der Waals surface area contributed by atoms with Gasteiger partial charge in [0.05, 0.1) is 6.54 Å². The molecule has 0 atom stereocenters. The summed E-state index contributed by atoms with van der Waals surface area (Å²) in [4.78, 5) is 39.2. The molecule has 3 amide bonds. The molecule has 192 valence electrons. The van der Waals surface area contributed by atoms with Gasteiger partial charge in [-0.15, -0.1) is 0 Å². The van der Waals surface area contributed by atoms with E-state index >= 15 is 0 Å². The molecule has 3 aromatic rings. The van der Waals surface area contributed by atoms with Crippen molar-refractivity contribution in [3.8, 4) is 0 Å². The van der Waals surface area contributed by atoms with Crippen LogP contribution in [0.4, 0.5) is 17.1 Å². The normalized spacial score (nSPS) is 13.4. The maximum atomic E-state index is 12.7. The van der Waals surface area contributed by atoms with E-state index in [0.717, 1.165) is 37.2 Å². The lowest BCUT2D eigenvalue weighted by molar-refractivity contribution is -0.116. The fourth-order valence-corrected chi connectivity index (χ4v) is 4.34.